The van der Waals surface area contributed by atoms with Crippen molar-refractivity contribution in [1.82, 2.24) is 19.6 Å². The monoisotopic (exact) mass is 368 g/mol. The van der Waals surface area contributed by atoms with E-state index in [9.17, 15) is 4.79 Å². The van der Waals surface area contributed by atoms with Gasteiger partial charge in [0.25, 0.3) is 5.91 Å². The minimum absolute atomic E-state index is 0.106. The zero-order valence-corrected chi connectivity index (χ0v) is 15.8. The number of carbonyl (C=O) groups is 1. The van der Waals surface area contributed by atoms with E-state index in [0.29, 0.717) is 13.1 Å². The lowest BCUT2D eigenvalue weighted by atomic mass is 10.1. The van der Waals surface area contributed by atoms with Crippen LogP contribution in [-0.2, 0) is 11.3 Å². The molecule has 3 heterocycles. The molecule has 1 aromatic carbocycles. The van der Waals surface area contributed by atoms with Crippen molar-refractivity contribution in [1.29, 1.82) is 0 Å². The van der Waals surface area contributed by atoms with Crippen LogP contribution in [0.1, 0.15) is 35.2 Å². The Morgan fingerprint density at radius 1 is 1.15 bits per heavy atom. The summed E-state index contributed by atoms with van der Waals surface area (Å²) in [6.07, 6.45) is 7.27. The Balaban J connectivity index is 1.42. The first-order valence-corrected chi connectivity index (χ1v) is 9.97. The molecule has 2 fully saturated rings. The molecule has 0 bridgehead atoms. The van der Waals surface area contributed by atoms with Gasteiger partial charge in [0.15, 0.2) is 0 Å². The van der Waals surface area contributed by atoms with E-state index in [1.54, 1.807) is 6.20 Å². The molecule has 6 nitrogen and oxygen atoms in total. The van der Waals surface area contributed by atoms with Crippen LogP contribution in [0.25, 0.3) is 0 Å². The van der Waals surface area contributed by atoms with E-state index in [4.69, 9.17) is 4.74 Å². The molecule has 0 aliphatic carbocycles. The number of aromatic nitrogens is 2. The average Bonchev–Trinajstić information content (AvgIpc) is 3.33. The van der Waals surface area contributed by atoms with Crippen LogP contribution >= 0.6 is 0 Å². The van der Waals surface area contributed by atoms with Crippen LogP contribution in [0.2, 0.25) is 0 Å². The summed E-state index contributed by atoms with van der Waals surface area (Å²) in [6.45, 7) is 6.10. The third-order valence-corrected chi connectivity index (χ3v) is 5.38. The van der Waals surface area contributed by atoms with Gasteiger partial charge < -0.3 is 14.5 Å². The number of nitrogens with zero attached hydrogens (tertiary/aromatic N) is 4. The number of benzene rings is 1. The first kappa shape index (κ1) is 18.2. The molecule has 0 radical (unpaired) electrons. The summed E-state index contributed by atoms with van der Waals surface area (Å²) >= 11 is 0. The van der Waals surface area contributed by atoms with E-state index in [2.05, 4.69) is 10.00 Å². The average molecular weight is 368 g/mol. The zero-order chi connectivity index (χ0) is 18.5. The molecule has 2 aliphatic rings. The van der Waals surface area contributed by atoms with Gasteiger partial charge in [0.2, 0.25) is 0 Å². The summed E-state index contributed by atoms with van der Waals surface area (Å²) in [5.41, 5.74) is 1.84. The van der Waals surface area contributed by atoms with Gasteiger partial charge in [-0.25, -0.2) is 0 Å². The second-order valence-electron chi connectivity index (χ2n) is 7.51. The van der Waals surface area contributed by atoms with Gasteiger partial charge in [-0.2, -0.15) is 5.10 Å². The molecule has 2 saturated heterocycles. The molecule has 1 aromatic heterocycles. The molecule has 4 rings (SSSR count). The summed E-state index contributed by atoms with van der Waals surface area (Å²) in [7, 11) is 0. The minimum Gasteiger partial charge on any atom is -0.375 e. The van der Waals surface area contributed by atoms with Crippen LogP contribution in [-0.4, -0.2) is 70.9 Å². The van der Waals surface area contributed by atoms with Gasteiger partial charge in [-0.15, -0.1) is 0 Å². The topological polar surface area (TPSA) is 50.6 Å². The number of rotatable bonds is 5. The normalized spacial score (nSPS) is 21.3. The molecule has 27 heavy (non-hydrogen) atoms. The predicted octanol–water partition coefficient (Wildman–Crippen LogP) is 2.26. The quantitative estimate of drug-likeness (QED) is 0.812. The molecule has 0 saturated carbocycles. The van der Waals surface area contributed by atoms with Crippen molar-refractivity contribution < 1.29 is 9.53 Å². The lowest BCUT2D eigenvalue weighted by Crippen LogP contribution is -2.41. The van der Waals surface area contributed by atoms with E-state index in [1.165, 1.54) is 12.8 Å². The molecule has 2 aromatic rings. The van der Waals surface area contributed by atoms with Gasteiger partial charge in [-0.05, 0) is 56.1 Å². The van der Waals surface area contributed by atoms with E-state index < -0.39 is 0 Å². The summed E-state index contributed by atoms with van der Waals surface area (Å²) in [5, 5.41) is 4.25. The highest BCUT2D eigenvalue weighted by molar-refractivity contribution is 5.94. The van der Waals surface area contributed by atoms with E-state index in [1.807, 2.05) is 46.1 Å². The number of ether oxygens (including phenoxy) is 1. The third kappa shape index (κ3) is 4.76. The summed E-state index contributed by atoms with van der Waals surface area (Å²) < 4.78 is 7.90. The maximum Gasteiger partial charge on any atom is 0.253 e. The van der Waals surface area contributed by atoms with E-state index in [0.717, 1.165) is 50.3 Å². The fourth-order valence-corrected chi connectivity index (χ4v) is 4.01. The highest BCUT2D eigenvalue weighted by Crippen LogP contribution is 2.16. The Kier molecular flexibility index (Phi) is 5.84. The van der Waals surface area contributed by atoms with Crippen LogP contribution in [0, 0.1) is 0 Å². The highest BCUT2D eigenvalue weighted by atomic mass is 16.5. The second kappa shape index (κ2) is 8.67. The van der Waals surface area contributed by atoms with Crippen LogP contribution in [0.4, 0.5) is 0 Å². The SMILES string of the molecule is O=C(c1cccc(Cn2cccn2)c1)N1CCCO[C@H](CN2CCCC2)C1. The maximum absolute atomic E-state index is 13.1. The number of likely N-dealkylation sites (tertiary alicyclic amines) is 1. The van der Waals surface area contributed by atoms with E-state index in [-0.39, 0.29) is 12.0 Å². The molecule has 1 atom stereocenters. The minimum atomic E-state index is 0.106. The molecule has 0 unspecified atom stereocenters. The van der Waals surface area contributed by atoms with Crippen molar-refractivity contribution in [3.05, 3.63) is 53.9 Å². The molecule has 0 spiro atoms. The number of carbonyl (C=O) groups excluding carboxylic acids is 1. The third-order valence-electron chi connectivity index (χ3n) is 5.38. The molecule has 6 heteroatoms. The number of hydrogen-bond acceptors (Lipinski definition) is 4. The standard InChI is InChI=1S/C21H28N4O2/c26-21(19-7-3-6-18(14-19)15-25-12-4-8-22-25)24-11-5-13-27-20(17-24)16-23-9-1-2-10-23/h3-4,6-8,12,14,20H,1-2,5,9-11,13,15-17H2/t20-/m1/s1. The Hall–Kier alpha value is -2.18. The van der Waals surface area contributed by atoms with Crippen LogP contribution in [0.5, 0.6) is 0 Å². The lowest BCUT2D eigenvalue weighted by Gasteiger charge is -2.27. The second-order valence-corrected chi connectivity index (χ2v) is 7.51. The molecule has 0 N–H and O–H groups in total. The Morgan fingerprint density at radius 2 is 2.04 bits per heavy atom. The van der Waals surface area contributed by atoms with Crippen LogP contribution < -0.4 is 0 Å². The van der Waals surface area contributed by atoms with Crippen molar-refractivity contribution in [3.8, 4) is 0 Å². The first-order valence-electron chi connectivity index (χ1n) is 9.97. The van der Waals surface area contributed by atoms with Gasteiger partial charge in [-0.1, -0.05) is 12.1 Å². The predicted molar refractivity (Wildman–Crippen MR) is 104 cm³/mol. The molecule has 144 valence electrons. The molecule has 2 aliphatic heterocycles. The Bertz CT molecular complexity index is 740. The smallest absolute Gasteiger partial charge is 0.253 e. The molecule has 1 amide bonds. The fourth-order valence-electron chi connectivity index (χ4n) is 4.01. The maximum atomic E-state index is 13.1. The van der Waals surface area contributed by atoms with Gasteiger partial charge in [0.05, 0.1) is 12.6 Å². The van der Waals surface area contributed by atoms with Crippen molar-refractivity contribution in [2.24, 2.45) is 0 Å². The number of hydrogen-bond donors (Lipinski definition) is 0. The summed E-state index contributed by atoms with van der Waals surface area (Å²) in [4.78, 5) is 17.6. The molecular formula is C21H28N4O2. The van der Waals surface area contributed by atoms with Crippen molar-refractivity contribution in [3.63, 3.8) is 0 Å². The van der Waals surface area contributed by atoms with Crippen LogP contribution in [0.15, 0.2) is 42.7 Å². The van der Waals surface area contributed by atoms with Crippen molar-refractivity contribution >= 4 is 5.91 Å². The van der Waals surface area contributed by atoms with Gasteiger partial charge in [-0.3, -0.25) is 9.48 Å². The lowest BCUT2D eigenvalue weighted by molar-refractivity contribution is 0.0297. The summed E-state index contributed by atoms with van der Waals surface area (Å²) in [5.74, 6) is 0.106. The Labute approximate surface area is 160 Å². The first-order chi connectivity index (χ1) is 13.3. The highest BCUT2D eigenvalue weighted by Gasteiger charge is 2.26. The van der Waals surface area contributed by atoms with Gasteiger partial charge >= 0.3 is 0 Å². The largest absolute Gasteiger partial charge is 0.375 e. The molecular weight excluding hydrogens is 340 g/mol. The summed E-state index contributed by atoms with van der Waals surface area (Å²) in [6, 6.07) is 9.82. The zero-order valence-electron chi connectivity index (χ0n) is 15.8. The van der Waals surface area contributed by atoms with E-state index >= 15 is 0 Å². The fraction of sp³-hybridized carbons (Fsp3) is 0.524. The van der Waals surface area contributed by atoms with Crippen LogP contribution in [0.3, 0.4) is 0 Å². The number of amides is 1. The van der Waals surface area contributed by atoms with Crippen molar-refractivity contribution in [2.45, 2.75) is 31.9 Å². The Morgan fingerprint density at radius 3 is 2.85 bits per heavy atom. The van der Waals surface area contributed by atoms with Gasteiger partial charge in [0.1, 0.15) is 0 Å². The van der Waals surface area contributed by atoms with Gasteiger partial charge in [0, 0.05) is 44.2 Å². The van der Waals surface area contributed by atoms with Crippen molar-refractivity contribution in [2.75, 3.05) is 39.3 Å².